The fourth-order valence-electron chi connectivity index (χ4n) is 2.74. The Labute approximate surface area is 151 Å². The molecule has 0 radical (unpaired) electrons. The lowest BCUT2D eigenvalue weighted by atomic mass is 9.97. The average Bonchev–Trinajstić information content (AvgIpc) is 3.00. The standard InChI is InChI=1S/C18H21N5OS/c1-13-9-19-10-16(21-13)4-3-15-5-7-23(8-6-15)12-17-11-20-18(25-17)22-14(2)24/h9-11,15H,5-8,12H2,1-2H3,(H,20,22,24). The maximum Gasteiger partial charge on any atom is 0.223 e. The van der Waals surface area contributed by atoms with Crippen LogP contribution in [0.4, 0.5) is 5.13 Å². The Morgan fingerprint density at radius 2 is 2.16 bits per heavy atom. The molecule has 6 nitrogen and oxygen atoms in total. The first-order valence-corrected chi connectivity index (χ1v) is 9.15. The lowest BCUT2D eigenvalue weighted by Gasteiger charge is -2.29. The summed E-state index contributed by atoms with van der Waals surface area (Å²) in [6.07, 6.45) is 7.41. The zero-order valence-corrected chi connectivity index (χ0v) is 15.3. The van der Waals surface area contributed by atoms with E-state index >= 15 is 0 Å². The SMILES string of the molecule is CC(=O)Nc1ncc(CN2CCC(C#Cc3cncc(C)n3)CC2)s1. The smallest absolute Gasteiger partial charge is 0.223 e. The Morgan fingerprint density at radius 1 is 1.36 bits per heavy atom. The van der Waals surface area contributed by atoms with Crippen LogP contribution in [0.3, 0.4) is 0 Å². The number of hydrogen-bond donors (Lipinski definition) is 1. The van der Waals surface area contributed by atoms with Gasteiger partial charge in [-0.25, -0.2) is 9.97 Å². The molecule has 2 aromatic heterocycles. The monoisotopic (exact) mass is 355 g/mol. The predicted molar refractivity (Wildman–Crippen MR) is 98.1 cm³/mol. The normalized spacial score (nSPS) is 15.4. The third kappa shape index (κ3) is 5.34. The second-order valence-corrected chi connectivity index (χ2v) is 7.29. The van der Waals surface area contributed by atoms with E-state index in [1.165, 1.54) is 23.1 Å². The Morgan fingerprint density at radius 3 is 2.88 bits per heavy atom. The molecule has 0 aliphatic carbocycles. The average molecular weight is 355 g/mol. The summed E-state index contributed by atoms with van der Waals surface area (Å²) in [6, 6.07) is 0. The first kappa shape index (κ1) is 17.5. The van der Waals surface area contributed by atoms with Gasteiger partial charge in [-0.15, -0.1) is 11.3 Å². The molecular formula is C18H21N5OS. The molecule has 7 heteroatoms. The molecular weight excluding hydrogens is 334 g/mol. The van der Waals surface area contributed by atoms with Crippen LogP contribution in [0.25, 0.3) is 0 Å². The van der Waals surface area contributed by atoms with Gasteiger partial charge in [-0.1, -0.05) is 5.92 Å². The van der Waals surface area contributed by atoms with Crippen molar-refractivity contribution in [2.75, 3.05) is 18.4 Å². The van der Waals surface area contributed by atoms with Crippen molar-refractivity contribution in [2.45, 2.75) is 33.2 Å². The topological polar surface area (TPSA) is 71.0 Å². The number of carbonyl (C=O) groups excluding carboxylic acids is 1. The Balaban J connectivity index is 1.49. The largest absolute Gasteiger partial charge is 0.302 e. The molecule has 3 heterocycles. The van der Waals surface area contributed by atoms with Gasteiger partial charge in [-0.2, -0.15) is 0 Å². The lowest BCUT2D eigenvalue weighted by Crippen LogP contribution is -2.32. The molecule has 130 valence electrons. The Bertz CT molecular complexity index is 799. The first-order valence-electron chi connectivity index (χ1n) is 8.33. The minimum Gasteiger partial charge on any atom is -0.302 e. The van der Waals surface area contributed by atoms with Crippen LogP contribution in [0.5, 0.6) is 0 Å². The highest BCUT2D eigenvalue weighted by Crippen LogP contribution is 2.23. The molecule has 2 aromatic rings. The van der Waals surface area contributed by atoms with Crippen LogP contribution in [0.15, 0.2) is 18.6 Å². The molecule has 25 heavy (non-hydrogen) atoms. The van der Waals surface area contributed by atoms with E-state index in [1.54, 1.807) is 12.4 Å². The summed E-state index contributed by atoms with van der Waals surface area (Å²) < 4.78 is 0. The van der Waals surface area contributed by atoms with Crippen molar-refractivity contribution in [3.8, 4) is 11.8 Å². The zero-order chi connectivity index (χ0) is 17.6. The van der Waals surface area contributed by atoms with E-state index in [2.05, 4.69) is 37.0 Å². The summed E-state index contributed by atoms with van der Waals surface area (Å²) in [5.41, 5.74) is 1.64. The third-order valence-electron chi connectivity index (χ3n) is 3.96. The van der Waals surface area contributed by atoms with E-state index in [0.29, 0.717) is 11.0 Å². The van der Waals surface area contributed by atoms with Gasteiger partial charge in [-0.05, 0) is 38.8 Å². The first-order chi connectivity index (χ1) is 12.1. The number of aromatic nitrogens is 3. The minimum absolute atomic E-state index is 0.0846. The summed E-state index contributed by atoms with van der Waals surface area (Å²) in [5.74, 6) is 6.82. The van der Waals surface area contributed by atoms with E-state index in [9.17, 15) is 4.79 Å². The number of aryl methyl sites for hydroxylation is 1. The number of carbonyl (C=O) groups is 1. The van der Waals surface area contributed by atoms with Crippen molar-refractivity contribution in [1.29, 1.82) is 0 Å². The molecule has 0 unspecified atom stereocenters. The molecule has 1 aliphatic rings. The molecule has 1 saturated heterocycles. The van der Waals surface area contributed by atoms with Crippen molar-refractivity contribution in [3.63, 3.8) is 0 Å². The van der Waals surface area contributed by atoms with E-state index in [1.807, 2.05) is 13.1 Å². The fourth-order valence-corrected chi connectivity index (χ4v) is 3.65. The van der Waals surface area contributed by atoms with Crippen LogP contribution >= 0.6 is 11.3 Å². The van der Waals surface area contributed by atoms with Crippen molar-refractivity contribution in [1.82, 2.24) is 19.9 Å². The number of anilines is 1. The van der Waals surface area contributed by atoms with Gasteiger partial charge >= 0.3 is 0 Å². The molecule has 0 aromatic carbocycles. The van der Waals surface area contributed by atoms with Crippen LogP contribution in [0, 0.1) is 24.7 Å². The van der Waals surface area contributed by atoms with Crippen molar-refractivity contribution >= 4 is 22.4 Å². The van der Waals surface area contributed by atoms with Gasteiger partial charge in [0.05, 0.1) is 11.9 Å². The van der Waals surface area contributed by atoms with Gasteiger partial charge in [0, 0.05) is 36.7 Å². The Kier molecular flexibility index (Phi) is 5.74. The van der Waals surface area contributed by atoms with Crippen LogP contribution in [-0.2, 0) is 11.3 Å². The van der Waals surface area contributed by atoms with Gasteiger partial charge in [0.2, 0.25) is 5.91 Å². The van der Waals surface area contributed by atoms with Crippen LogP contribution in [0.2, 0.25) is 0 Å². The summed E-state index contributed by atoms with van der Waals surface area (Å²) >= 11 is 1.54. The molecule has 1 N–H and O–H groups in total. The van der Waals surface area contributed by atoms with Gasteiger partial charge in [0.1, 0.15) is 5.69 Å². The third-order valence-corrected chi connectivity index (χ3v) is 4.86. The molecule has 0 atom stereocenters. The maximum atomic E-state index is 11.1. The van der Waals surface area contributed by atoms with Crippen LogP contribution in [-0.4, -0.2) is 38.8 Å². The predicted octanol–water partition coefficient (Wildman–Crippen LogP) is 2.46. The van der Waals surface area contributed by atoms with Crippen LogP contribution < -0.4 is 5.32 Å². The summed E-state index contributed by atoms with van der Waals surface area (Å²) in [6.45, 7) is 6.34. The summed E-state index contributed by atoms with van der Waals surface area (Å²) in [5, 5.41) is 3.40. The highest BCUT2D eigenvalue weighted by Gasteiger charge is 2.18. The highest BCUT2D eigenvalue weighted by molar-refractivity contribution is 7.15. The van der Waals surface area contributed by atoms with E-state index in [4.69, 9.17) is 0 Å². The van der Waals surface area contributed by atoms with Crippen molar-refractivity contribution in [2.24, 2.45) is 5.92 Å². The lowest BCUT2D eigenvalue weighted by molar-refractivity contribution is -0.114. The van der Waals surface area contributed by atoms with Crippen LogP contribution in [0.1, 0.15) is 36.0 Å². The Hall–Kier alpha value is -2.30. The van der Waals surface area contributed by atoms with E-state index in [0.717, 1.165) is 43.9 Å². The fraction of sp³-hybridized carbons (Fsp3) is 0.444. The van der Waals surface area contributed by atoms with E-state index in [-0.39, 0.29) is 5.91 Å². The number of nitrogens with one attached hydrogen (secondary N) is 1. The number of hydrogen-bond acceptors (Lipinski definition) is 6. The second-order valence-electron chi connectivity index (χ2n) is 6.18. The molecule has 0 spiro atoms. The minimum atomic E-state index is -0.0846. The maximum absolute atomic E-state index is 11.1. The quantitative estimate of drug-likeness (QED) is 0.857. The van der Waals surface area contributed by atoms with Crippen molar-refractivity contribution in [3.05, 3.63) is 34.9 Å². The zero-order valence-electron chi connectivity index (χ0n) is 14.5. The van der Waals surface area contributed by atoms with Gasteiger partial charge in [0.15, 0.2) is 5.13 Å². The molecule has 3 rings (SSSR count). The molecule has 1 fully saturated rings. The summed E-state index contributed by atoms with van der Waals surface area (Å²) in [4.78, 5) is 27.4. The number of rotatable bonds is 3. The van der Waals surface area contributed by atoms with E-state index < -0.39 is 0 Å². The highest BCUT2D eigenvalue weighted by atomic mass is 32.1. The van der Waals surface area contributed by atoms with Gasteiger partial charge in [-0.3, -0.25) is 14.7 Å². The molecule has 1 amide bonds. The number of piperidine rings is 1. The summed E-state index contributed by atoms with van der Waals surface area (Å²) in [7, 11) is 0. The van der Waals surface area contributed by atoms with Crippen molar-refractivity contribution < 1.29 is 4.79 Å². The van der Waals surface area contributed by atoms with Gasteiger partial charge < -0.3 is 5.32 Å². The number of nitrogens with zero attached hydrogens (tertiary/aromatic N) is 4. The van der Waals surface area contributed by atoms with Gasteiger partial charge in [0.25, 0.3) is 0 Å². The number of amides is 1. The number of thiazole rings is 1. The number of likely N-dealkylation sites (tertiary alicyclic amines) is 1. The molecule has 0 bridgehead atoms. The molecule has 0 saturated carbocycles. The second kappa shape index (κ2) is 8.19. The molecule has 1 aliphatic heterocycles.